The summed E-state index contributed by atoms with van der Waals surface area (Å²) in [5, 5.41) is 0. The number of rotatable bonds is 7. The van der Waals surface area contributed by atoms with E-state index >= 15 is 0 Å². The molecule has 5 rings (SSSR count). The van der Waals surface area contributed by atoms with Gasteiger partial charge in [0, 0.05) is 31.6 Å². The summed E-state index contributed by atoms with van der Waals surface area (Å²) in [6.45, 7) is 8.09. The molecule has 0 spiro atoms. The van der Waals surface area contributed by atoms with Gasteiger partial charge in [-0.25, -0.2) is 9.37 Å². The zero-order valence-corrected chi connectivity index (χ0v) is 22.7. The molecule has 0 aliphatic carbocycles. The van der Waals surface area contributed by atoms with Crippen LogP contribution in [0.2, 0.25) is 0 Å². The van der Waals surface area contributed by atoms with Crippen LogP contribution in [0.4, 0.5) is 4.39 Å². The normalized spacial score (nSPS) is 14.1. The SMILES string of the molecule is CCOC(=O)C1CCN(C(=O)c2ccc(Cn3c(Cc4ccc(F)cc4)nc4cc(C)c(C)cc43)cc2)CC1. The molecule has 4 aromatic rings. The van der Waals surface area contributed by atoms with Crippen molar-refractivity contribution in [3.8, 4) is 0 Å². The number of hydrogen-bond acceptors (Lipinski definition) is 4. The summed E-state index contributed by atoms with van der Waals surface area (Å²) >= 11 is 0. The van der Waals surface area contributed by atoms with Gasteiger partial charge >= 0.3 is 5.97 Å². The van der Waals surface area contributed by atoms with Crippen LogP contribution in [-0.2, 0) is 22.5 Å². The van der Waals surface area contributed by atoms with Gasteiger partial charge in [-0.1, -0.05) is 24.3 Å². The van der Waals surface area contributed by atoms with E-state index in [1.165, 1.54) is 23.3 Å². The molecule has 1 fully saturated rings. The third-order valence-electron chi connectivity index (χ3n) is 7.66. The Morgan fingerprint density at radius 3 is 2.26 bits per heavy atom. The summed E-state index contributed by atoms with van der Waals surface area (Å²) in [6, 6.07) is 18.6. The van der Waals surface area contributed by atoms with Crippen LogP contribution in [0.5, 0.6) is 0 Å². The third kappa shape index (κ3) is 5.87. The molecule has 1 amide bonds. The molecule has 0 radical (unpaired) electrons. The lowest BCUT2D eigenvalue weighted by molar-refractivity contribution is -0.149. The monoisotopic (exact) mass is 527 g/mol. The van der Waals surface area contributed by atoms with Crippen molar-refractivity contribution in [2.45, 2.75) is 46.6 Å². The number of aromatic nitrogens is 2. The largest absolute Gasteiger partial charge is 0.466 e. The number of likely N-dealkylation sites (tertiary alicyclic amines) is 1. The molecule has 2 heterocycles. The smallest absolute Gasteiger partial charge is 0.309 e. The molecule has 202 valence electrons. The number of fused-ring (bicyclic) bond motifs is 1. The lowest BCUT2D eigenvalue weighted by Gasteiger charge is -2.31. The van der Waals surface area contributed by atoms with Crippen LogP contribution in [0, 0.1) is 25.6 Å². The van der Waals surface area contributed by atoms with Gasteiger partial charge < -0.3 is 14.2 Å². The molecule has 1 aliphatic rings. The molecule has 0 unspecified atom stereocenters. The molecule has 0 saturated carbocycles. The first kappa shape index (κ1) is 26.6. The molecule has 3 aromatic carbocycles. The average Bonchev–Trinajstić information content (AvgIpc) is 3.25. The third-order valence-corrected chi connectivity index (χ3v) is 7.66. The molecule has 1 aliphatic heterocycles. The molecular formula is C32H34FN3O3. The van der Waals surface area contributed by atoms with Gasteiger partial charge in [0.05, 0.1) is 23.6 Å². The van der Waals surface area contributed by atoms with Crippen molar-refractivity contribution in [1.82, 2.24) is 14.5 Å². The molecule has 0 atom stereocenters. The fourth-order valence-electron chi connectivity index (χ4n) is 5.22. The van der Waals surface area contributed by atoms with E-state index in [0.717, 1.165) is 28.0 Å². The predicted molar refractivity (Wildman–Crippen MR) is 149 cm³/mol. The fourth-order valence-corrected chi connectivity index (χ4v) is 5.22. The number of piperidine rings is 1. The Hall–Kier alpha value is -4.00. The summed E-state index contributed by atoms with van der Waals surface area (Å²) in [4.78, 5) is 31.9. The Morgan fingerprint density at radius 1 is 0.949 bits per heavy atom. The van der Waals surface area contributed by atoms with Gasteiger partial charge in [0.2, 0.25) is 0 Å². The van der Waals surface area contributed by atoms with Crippen LogP contribution in [0.3, 0.4) is 0 Å². The van der Waals surface area contributed by atoms with Gasteiger partial charge in [-0.2, -0.15) is 0 Å². The van der Waals surface area contributed by atoms with E-state index in [2.05, 4.69) is 30.5 Å². The zero-order chi connectivity index (χ0) is 27.5. The lowest BCUT2D eigenvalue weighted by atomic mass is 9.96. The standard InChI is InChI=1S/C32H34FN3O3/c1-4-39-32(38)26-13-15-35(16-14-26)31(37)25-9-5-24(6-10-25)20-36-29-18-22(3)21(2)17-28(29)34-30(36)19-23-7-11-27(33)12-8-23/h5-12,17-18,26H,4,13-16,19-20H2,1-3H3. The van der Waals surface area contributed by atoms with E-state index in [1.807, 2.05) is 36.1 Å². The summed E-state index contributed by atoms with van der Waals surface area (Å²) in [6.07, 6.45) is 1.85. The van der Waals surface area contributed by atoms with Gasteiger partial charge in [-0.3, -0.25) is 9.59 Å². The molecule has 39 heavy (non-hydrogen) atoms. The number of nitrogens with zero attached hydrogens (tertiary/aromatic N) is 3. The minimum absolute atomic E-state index is 0.0139. The number of halogens is 1. The minimum Gasteiger partial charge on any atom is -0.466 e. The van der Waals surface area contributed by atoms with Crippen LogP contribution in [0.1, 0.15) is 58.2 Å². The van der Waals surface area contributed by atoms with Crippen LogP contribution >= 0.6 is 0 Å². The van der Waals surface area contributed by atoms with Crippen molar-refractivity contribution >= 4 is 22.9 Å². The number of amides is 1. The van der Waals surface area contributed by atoms with Crippen molar-refractivity contribution < 1.29 is 18.7 Å². The maximum Gasteiger partial charge on any atom is 0.309 e. The van der Waals surface area contributed by atoms with Crippen molar-refractivity contribution in [3.05, 3.63) is 100 Å². The van der Waals surface area contributed by atoms with E-state index in [1.54, 1.807) is 12.1 Å². The molecular weight excluding hydrogens is 493 g/mol. The Morgan fingerprint density at radius 2 is 1.59 bits per heavy atom. The first-order valence-corrected chi connectivity index (χ1v) is 13.6. The number of imidazole rings is 1. The number of aryl methyl sites for hydroxylation is 2. The van der Waals surface area contributed by atoms with Crippen molar-refractivity contribution in [2.75, 3.05) is 19.7 Å². The number of ether oxygens (including phenoxy) is 1. The van der Waals surface area contributed by atoms with E-state index in [9.17, 15) is 14.0 Å². The quantitative estimate of drug-likeness (QED) is 0.283. The summed E-state index contributed by atoms with van der Waals surface area (Å²) in [5.41, 5.74) is 7.08. The van der Waals surface area contributed by atoms with Gasteiger partial charge in [0.1, 0.15) is 11.6 Å². The van der Waals surface area contributed by atoms with Gasteiger partial charge in [-0.05, 0) is 92.3 Å². The number of esters is 1. The lowest BCUT2D eigenvalue weighted by Crippen LogP contribution is -2.40. The van der Waals surface area contributed by atoms with E-state index in [4.69, 9.17) is 9.72 Å². The van der Waals surface area contributed by atoms with Crippen LogP contribution in [-0.4, -0.2) is 46.0 Å². The van der Waals surface area contributed by atoms with Crippen LogP contribution < -0.4 is 0 Å². The first-order chi connectivity index (χ1) is 18.8. The second kappa shape index (κ2) is 11.4. The zero-order valence-electron chi connectivity index (χ0n) is 22.7. The Bertz CT molecular complexity index is 1480. The van der Waals surface area contributed by atoms with Gasteiger partial charge in [-0.15, -0.1) is 0 Å². The molecule has 6 nitrogen and oxygen atoms in total. The summed E-state index contributed by atoms with van der Waals surface area (Å²) in [5.74, 6) is 0.353. The second-order valence-corrected chi connectivity index (χ2v) is 10.4. The van der Waals surface area contributed by atoms with E-state index in [0.29, 0.717) is 51.1 Å². The number of benzene rings is 3. The maximum atomic E-state index is 13.5. The predicted octanol–water partition coefficient (Wildman–Crippen LogP) is 5.85. The first-order valence-electron chi connectivity index (χ1n) is 13.6. The highest BCUT2D eigenvalue weighted by molar-refractivity contribution is 5.94. The Labute approximate surface area is 228 Å². The highest BCUT2D eigenvalue weighted by Crippen LogP contribution is 2.25. The highest BCUT2D eigenvalue weighted by Gasteiger charge is 2.28. The fraction of sp³-hybridized carbons (Fsp3) is 0.344. The van der Waals surface area contributed by atoms with Crippen molar-refractivity contribution in [2.24, 2.45) is 5.92 Å². The van der Waals surface area contributed by atoms with Gasteiger partial charge in [0.25, 0.3) is 5.91 Å². The maximum absolute atomic E-state index is 13.5. The molecule has 0 N–H and O–H groups in total. The molecule has 7 heteroatoms. The Kier molecular flexibility index (Phi) is 7.77. The number of carbonyl (C=O) groups is 2. The van der Waals surface area contributed by atoms with E-state index < -0.39 is 0 Å². The van der Waals surface area contributed by atoms with Gasteiger partial charge in [0.15, 0.2) is 0 Å². The summed E-state index contributed by atoms with van der Waals surface area (Å²) < 4.78 is 20.8. The minimum atomic E-state index is -0.253. The van der Waals surface area contributed by atoms with E-state index in [-0.39, 0.29) is 23.6 Å². The van der Waals surface area contributed by atoms with Crippen molar-refractivity contribution in [1.29, 1.82) is 0 Å². The number of hydrogen-bond donors (Lipinski definition) is 0. The average molecular weight is 528 g/mol. The molecule has 0 bridgehead atoms. The van der Waals surface area contributed by atoms with Crippen LogP contribution in [0.15, 0.2) is 60.7 Å². The van der Waals surface area contributed by atoms with Crippen molar-refractivity contribution in [3.63, 3.8) is 0 Å². The van der Waals surface area contributed by atoms with Crippen LogP contribution in [0.25, 0.3) is 11.0 Å². The Balaban J connectivity index is 1.34. The molecule has 1 saturated heterocycles. The highest BCUT2D eigenvalue weighted by atomic mass is 19.1. The second-order valence-electron chi connectivity index (χ2n) is 10.4. The molecule has 1 aromatic heterocycles. The summed E-state index contributed by atoms with van der Waals surface area (Å²) in [7, 11) is 0. The number of carbonyl (C=O) groups excluding carboxylic acids is 2. The topological polar surface area (TPSA) is 64.4 Å².